The van der Waals surface area contributed by atoms with Gasteiger partial charge in [0.25, 0.3) is 0 Å². The normalized spacial score (nSPS) is 27.3. The molecule has 6 unspecified atom stereocenters. The fourth-order valence-corrected chi connectivity index (χ4v) is 14.3. The van der Waals surface area contributed by atoms with E-state index in [4.69, 9.17) is 0 Å². The molecule has 4 aliphatic heterocycles. The smallest absolute Gasteiger partial charge is 0.212 e. The van der Waals surface area contributed by atoms with Crippen LogP contribution in [0, 0.1) is 16.6 Å². The zero-order valence-electron chi connectivity index (χ0n) is 31.0. The molecule has 9 rings (SSSR count). The number of hydrogen-bond acceptors (Lipinski definition) is 4. The van der Waals surface area contributed by atoms with Crippen LogP contribution in [0.3, 0.4) is 0 Å². The zero-order valence-corrected chi connectivity index (χ0v) is 35.8. The maximum atomic E-state index is 13.7. The van der Waals surface area contributed by atoms with E-state index in [0.717, 1.165) is 44.1 Å². The maximum absolute atomic E-state index is 13.7. The van der Waals surface area contributed by atoms with Gasteiger partial charge in [0.1, 0.15) is 5.82 Å². The molecule has 52 heavy (non-hydrogen) atoms. The van der Waals surface area contributed by atoms with Crippen molar-refractivity contribution in [1.82, 2.24) is 8.61 Å². The third kappa shape index (κ3) is 6.85. The first-order valence-electron chi connectivity index (χ1n) is 17.7. The largest absolute Gasteiger partial charge is 0.243 e. The number of halogens is 3. The highest BCUT2D eigenvalue weighted by Crippen LogP contribution is 2.63. The molecule has 2 saturated heterocycles. The number of nitrogens with zero attached hydrogens (tertiary/aromatic N) is 2. The molecule has 2 aliphatic carbocycles. The summed E-state index contributed by atoms with van der Waals surface area (Å²) >= 11 is 7.43. The third-order valence-electron chi connectivity index (χ3n) is 11.6. The Kier molecular flexibility index (Phi) is 10.5. The second-order valence-corrected chi connectivity index (χ2v) is 22.1. The Labute approximate surface area is 326 Å². The van der Waals surface area contributed by atoms with E-state index < -0.39 is 25.9 Å². The van der Waals surface area contributed by atoms with Gasteiger partial charge in [-0.25, -0.2) is 21.2 Å². The Hall–Kier alpha value is -2.15. The lowest BCUT2D eigenvalue weighted by molar-refractivity contribution is 0.0309. The van der Waals surface area contributed by atoms with E-state index in [1.54, 1.807) is 8.61 Å². The number of sulfonamides is 2. The molecule has 11 heteroatoms. The van der Waals surface area contributed by atoms with Gasteiger partial charge >= 0.3 is 0 Å². The molecule has 3 aromatic rings. The van der Waals surface area contributed by atoms with Crippen molar-refractivity contribution in [1.29, 1.82) is 0 Å². The van der Waals surface area contributed by atoms with Crippen molar-refractivity contribution in [2.45, 2.75) is 108 Å². The summed E-state index contributed by atoms with van der Waals surface area (Å²) in [6, 6.07) is 16.7. The standard InChI is InChI=1S/C23H25BrFNO2S.C18H24BrNO2S/c1-14(2)12-19-22-21-17(6-5-7-18(21)24)20(13-23(22,3)4)26(19)29(27,28)16-10-8-15(25)9-11-16;1-11(2)9-14-17-16-12(7-6-8-13(16)19)15(10-18(17,3)4)20(14)23(5,21)22/h5-11,19-20,22H,1,12-13H2,2-4H3;6-8,14-15,17H,1,9-10H2,2-5H3. The highest BCUT2D eigenvalue weighted by Gasteiger charge is 2.58. The molecule has 0 aromatic heterocycles. The molecule has 4 heterocycles. The van der Waals surface area contributed by atoms with Gasteiger partial charge in [-0.3, -0.25) is 0 Å². The second-order valence-electron chi connectivity index (χ2n) is 16.7. The molecule has 0 amide bonds. The lowest BCUT2D eigenvalue weighted by Gasteiger charge is -2.58. The van der Waals surface area contributed by atoms with E-state index in [1.165, 1.54) is 41.6 Å². The minimum Gasteiger partial charge on any atom is -0.212 e. The van der Waals surface area contributed by atoms with Crippen molar-refractivity contribution >= 4 is 51.9 Å². The van der Waals surface area contributed by atoms with Gasteiger partial charge in [-0.1, -0.05) is 95.0 Å². The number of piperidine rings is 2. The molecule has 0 radical (unpaired) electrons. The number of benzene rings is 3. The Balaban J connectivity index is 0.000000183. The van der Waals surface area contributed by atoms with Crippen molar-refractivity contribution in [2.24, 2.45) is 10.8 Å². The average Bonchev–Trinajstić information content (AvgIpc) is 3.00. The molecule has 2 fully saturated rings. The van der Waals surface area contributed by atoms with Crippen molar-refractivity contribution in [3.63, 3.8) is 0 Å². The minimum atomic E-state index is -3.80. The van der Waals surface area contributed by atoms with Gasteiger partial charge in [0.15, 0.2) is 0 Å². The first-order valence-corrected chi connectivity index (χ1v) is 22.6. The van der Waals surface area contributed by atoms with E-state index in [9.17, 15) is 21.2 Å². The van der Waals surface area contributed by atoms with E-state index >= 15 is 0 Å². The monoisotopic (exact) mass is 874 g/mol. The van der Waals surface area contributed by atoms with E-state index in [0.29, 0.717) is 12.8 Å². The van der Waals surface area contributed by atoms with E-state index in [1.807, 2.05) is 38.1 Å². The molecule has 6 nitrogen and oxygen atoms in total. The summed E-state index contributed by atoms with van der Waals surface area (Å²) in [5.74, 6) is -0.243. The van der Waals surface area contributed by atoms with Crippen LogP contribution in [0.4, 0.5) is 4.39 Å². The van der Waals surface area contributed by atoms with Crippen LogP contribution in [0.1, 0.15) is 113 Å². The van der Waals surface area contributed by atoms with Crippen LogP contribution in [-0.2, 0) is 20.0 Å². The van der Waals surface area contributed by atoms with E-state index in [2.05, 4.69) is 84.8 Å². The van der Waals surface area contributed by atoms with Crippen LogP contribution in [0.25, 0.3) is 0 Å². The fourth-order valence-electron chi connectivity index (χ4n) is 9.91. The third-order valence-corrected chi connectivity index (χ3v) is 16.2. The maximum Gasteiger partial charge on any atom is 0.243 e. The molecule has 6 atom stereocenters. The van der Waals surface area contributed by atoms with Crippen LogP contribution in [0.15, 0.2) is 98.8 Å². The molecule has 0 N–H and O–H groups in total. The zero-order chi connectivity index (χ0) is 38.3. The van der Waals surface area contributed by atoms with Gasteiger partial charge in [0.05, 0.1) is 23.2 Å². The van der Waals surface area contributed by atoms with Crippen molar-refractivity contribution in [3.05, 3.63) is 122 Å². The molecular formula is C41H49Br2FN2O4S2. The topological polar surface area (TPSA) is 74.8 Å². The van der Waals surface area contributed by atoms with Crippen LogP contribution in [-0.4, -0.2) is 43.8 Å². The van der Waals surface area contributed by atoms with Gasteiger partial charge in [0, 0.05) is 32.9 Å². The Morgan fingerprint density at radius 3 is 1.54 bits per heavy atom. The van der Waals surface area contributed by atoms with Gasteiger partial charge in [0.2, 0.25) is 20.0 Å². The van der Waals surface area contributed by atoms with Gasteiger partial charge in [-0.05, 0) is 109 Å². The second kappa shape index (κ2) is 13.9. The molecule has 0 saturated carbocycles. The van der Waals surface area contributed by atoms with Crippen LogP contribution < -0.4 is 0 Å². The average molecular weight is 877 g/mol. The molecule has 4 bridgehead atoms. The Bertz CT molecular complexity index is 2150. The minimum absolute atomic E-state index is 0.0324. The van der Waals surface area contributed by atoms with Crippen molar-refractivity contribution in [3.8, 4) is 0 Å². The number of rotatable bonds is 7. The fraction of sp³-hybridized carbons (Fsp3) is 0.463. The summed E-state index contributed by atoms with van der Waals surface area (Å²) in [5, 5.41) is 0. The first-order chi connectivity index (χ1) is 24.1. The Morgan fingerprint density at radius 1 is 0.731 bits per heavy atom. The highest BCUT2D eigenvalue weighted by atomic mass is 79.9. The predicted molar refractivity (Wildman–Crippen MR) is 215 cm³/mol. The van der Waals surface area contributed by atoms with Gasteiger partial charge in [-0.15, -0.1) is 13.2 Å². The molecule has 3 aromatic carbocycles. The summed E-state index contributed by atoms with van der Waals surface area (Å²) in [5.41, 5.74) is 6.70. The van der Waals surface area contributed by atoms with Crippen molar-refractivity contribution < 1.29 is 21.2 Å². The van der Waals surface area contributed by atoms with Gasteiger partial charge in [-0.2, -0.15) is 8.61 Å². The lowest BCUT2D eigenvalue weighted by Crippen LogP contribution is -2.58. The van der Waals surface area contributed by atoms with Gasteiger partial charge < -0.3 is 0 Å². The predicted octanol–water partition coefficient (Wildman–Crippen LogP) is 10.8. The lowest BCUT2D eigenvalue weighted by atomic mass is 9.58. The summed E-state index contributed by atoms with van der Waals surface area (Å²) in [4.78, 5) is 0.132. The molecule has 280 valence electrons. The molecule has 6 aliphatic rings. The van der Waals surface area contributed by atoms with Crippen LogP contribution >= 0.6 is 31.9 Å². The SMILES string of the molecule is C=C(C)CC1C2c3c(Br)cccc3C(CC2(C)C)N1S(=O)(=O)c1ccc(F)cc1.C=C(C)CC1C2c3c(Br)cccc3C(CC2(C)C)N1S(C)(=O)=O. The van der Waals surface area contributed by atoms with E-state index in [-0.39, 0.29) is 51.7 Å². The molecule has 0 spiro atoms. The number of hydrogen-bond donors (Lipinski definition) is 0. The summed E-state index contributed by atoms with van der Waals surface area (Å²) in [6.07, 6.45) is 4.24. The van der Waals surface area contributed by atoms with Crippen LogP contribution in [0.2, 0.25) is 0 Å². The quantitative estimate of drug-likeness (QED) is 0.222. The first kappa shape index (κ1) is 39.5. The number of fused-ring (bicyclic) bond motifs is 4. The van der Waals surface area contributed by atoms with Crippen molar-refractivity contribution in [2.75, 3.05) is 6.26 Å². The summed E-state index contributed by atoms with van der Waals surface area (Å²) in [6.45, 7) is 21.0. The highest BCUT2D eigenvalue weighted by molar-refractivity contribution is 9.10. The summed E-state index contributed by atoms with van der Waals surface area (Å²) < 4.78 is 71.6. The molecular weight excluding hydrogens is 827 g/mol. The Morgan fingerprint density at radius 2 is 1.13 bits per heavy atom. The summed E-state index contributed by atoms with van der Waals surface area (Å²) in [7, 11) is -7.08. The van der Waals surface area contributed by atoms with Crippen LogP contribution in [0.5, 0.6) is 0 Å².